The lowest BCUT2D eigenvalue weighted by atomic mass is 10.2. The predicted molar refractivity (Wildman–Crippen MR) is 114 cm³/mol. The Morgan fingerprint density at radius 2 is 1.86 bits per heavy atom. The molecule has 0 bridgehead atoms. The quantitative estimate of drug-likeness (QED) is 0.329. The van der Waals surface area contributed by atoms with E-state index in [0.29, 0.717) is 17.5 Å². The lowest BCUT2D eigenvalue weighted by molar-refractivity contribution is -0.140. The second-order valence-electron chi connectivity index (χ2n) is 5.59. The molecule has 0 aliphatic rings. The SMILES string of the molecule is CCNC(=NCc1ccc(S(C)(=O)=O)cc1)NCc1nc(C(F)(F)F)cs1.I. The Balaban J connectivity index is 0.00000392. The van der Waals surface area contributed by atoms with Gasteiger partial charge in [0.05, 0.1) is 18.0 Å². The fraction of sp³-hybridized carbons (Fsp3) is 0.375. The highest BCUT2D eigenvalue weighted by Gasteiger charge is 2.33. The highest BCUT2D eigenvalue weighted by Crippen LogP contribution is 2.29. The third-order valence-corrected chi connectivity index (χ3v) is 5.34. The van der Waals surface area contributed by atoms with Crippen molar-refractivity contribution < 1.29 is 21.6 Å². The molecule has 0 atom stereocenters. The Labute approximate surface area is 182 Å². The van der Waals surface area contributed by atoms with E-state index in [2.05, 4.69) is 20.6 Å². The highest BCUT2D eigenvalue weighted by atomic mass is 127. The van der Waals surface area contributed by atoms with Gasteiger partial charge in [0.2, 0.25) is 0 Å². The van der Waals surface area contributed by atoms with Crippen molar-refractivity contribution in [1.29, 1.82) is 0 Å². The maximum absolute atomic E-state index is 12.6. The molecule has 1 aromatic heterocycles. The average Bonchev–Trinajstić information content (AvgIpc) is 3.06. The summed E-state index contributed by atoms with van der Waals surface area (Å²) in [5.41, 5.74) is -0.106. The number of guanidine groups is 1. The first-order valence-corrected chi connectivity index (χ1v) is 10.7. The number of halogens is 4. The molecule has 0 saturated heterocycles. The number of benzene rings is 1. The first-order chi connectivity index (χ1) is 12.6. The van der Waals surface area contributed by atoms with Gasteiger partial charge in [-0.2, -0.15) is 13.2 Å². The molecule has 2 aromatic rings. The Hall–Kier alpha value is -1.41. The van der Waals surface area contributed by atoms with Crippen LogP contribution in [0.15, 0.2) is 39.5 Å². The van der Waals surface area contributed by atoms with Crippen molar-refractivity contribution in [2.24, 2.45) is 4.99 Å². The van der Waals surface area contributed by atoms with E-state index in [1.165, 1.54) is 12.1 Å². The van der Waals surface area contributed by atoms with Crippen LogP contribution in [0.2, 0.25) is 0 Å². The Morgan fingerprint density at radius 3 is 2.36 bits per heavy atom. The summed E-state index contributed by atoms with van der Waals surface area (Å²) >= 11 is 0.922. The molecular weight excluding hydrogens is 528 g/mol. The van der Waals surface area contributed by atoms with Crippen molar-refractivity contribution in [2.75, 3.05) is 12.8 Å². The number of hydrogen-bond donors (Lipinski definition) is 2. The molecule has 0 unspecified atom stereocenters. The minimum absolute atomic E-state index is 0. The second kappa shape index (κ2) is 10.4. The molecule has 156 valence electrons. The summed E-state index contributed by atoms with van der Waals surface area (Å²) in [6.07, 6.45) is -3.32. The summed E-state index contributed by atoms with van der Waals surface area (Å²) < 4.78 is 60.7. The predicted octanol–water partition coefficient (Wildman–Crippen LogP) is 3.44. The van der Waals surface area contributed by atoms with Crippen LogP contribution in [-0.4, -0.2) is 32.2 Å². The van der Waals surface area contributed by atoms with Gasteiger partial charge < -0.3 is 10.6 Å². The van der Waals surface area contributed by atoms with Gasteiger partial charge in [-0.15, -0.1) is 35.3 Å². The van der Waals surface area contributed by atoms with E-state index in [1.54, 1.807) is 12.1 Å². The van der Waals surface area contributed by atoms with Gasteiger partial charge >= 0.3 is 6.18 Å². The molecule has 0 radical (unpaired) electrons. The van der Waals surface area contributed by atoms with Crippen LogP contribution in [-0.2, 0) is 29.1 Å². The molecule has 2 N–H and O–H groups in total. The molecule has 12 heteroatoms. The molecular formula is C16H20F3IN4O2S2. The van der Waals surface area contributed by atoms with Crippen LogP contribution in [0.25, 0.3) is 0 Å². The molecule has 6 nitrogen and oxygen atoms in total. The van der Waals surface area contributed by atoms with E-state index in [0.717, 1.165) is 28.5 Å². The van der Waals surface area contributed by atoms with E-state index in [1.807, 2.05) is 6.92 Å². The standard InChI is InChI=1S/C16H19F3N4O2S2.HI/c1-3-20-15(22-9-14-23-13(10-26-14)16(17,18)19)21-8-11-4-6-12(7-5-11)27(2,24)25;/h4-7,10H,3,8-9H2,1-2H3,(H2,20,21,22);1H. The van der Waals surface area contributed by atoms with Crippen LogP contribution < -0.4 is 10.6 Å². The summed E-state index contributed by atoms with van der Waals surface area (Å²) in [5, 5.41) is 7.20. The van der Waals surface area contributed by atoms with Crippen LogP contribution in [0.1, 0.15) is 23.2 Å². The van der Waals surface area contributed by atoms with E-state index < -0.39 is 21.7 Å². The van der Waals surface area contributed by atoms with Crippen molar-refractivity contribution in [2.45, 2.75) is 31.1 Å². The zero-order chi connectivity index (χ0) is 20.1. The summed E-state index contributed by atoms with van der Waals surface area (Å²) in [4.78, 5) is 8.13. The Kier molecular flexibility index (Phi) is 9.14. The van der Waals surface area contributed by atoms with Gasteiger partial charge in [0.1, 0.15) is 5.01 Å². The van der Waals surface area contributed by atoms with E-state index in [4.69, 9.17) is 0 Å². The monoisotopic (exact) mass is 548 g/mol. The normalized spacial score (nSPS) is 12.4. The summed E-state index contributed by atoms with van der Waals surface area (Å²) in [7, 11) is -3.25. The van der Waals surface area contributed by atoms with Crippen LogP contribution in [0.4, 0.5) is 13.2 Å². The maximum Gasteiger partial charge on any atom is 0.434 e. The fourth-order valence-corrected chi connectivity index (χ4v) is 3.41. The van der Waals surface area contributed by atoms with Crippen LogP contribution >= 0.6 is 35.3 Å². The van der Waals surface area contributed by atoms with Crippen LogP contribution in [0.3, 0.4) is 0 Å². The van der Waals surface area contributed by atoms with E-state index in [9.17, 15) is 21.6 Å². The first kappa shape index (κ1) is 24.6. The van der Waals surface area contributed by atoms with Crippen molar-refractivity contribution in [3.05, 3.63) is 45.9 Å². The Morgan fingerprint density at radius 1 is 1.21 bits per heavy atom. The number of thiazole rings is 1. The summed E-state index contributed by atoms with van der Waals surface area (Å²) in [6.45, 7) is 2.83. The molecule has 0 aliphatic carbocycles. The smallest absolute Gasteiger partial charge is 0.357 e. The third-order valence-electron chi connectivity index (χ3n) is 3.36. The zero-order valence-electron chi connectivity index (χ0n) is 15.1. The van der Waals surface area contributed by atoms with Crippen molar-refractivity contribution in [1.82, 2.24) is 15.6 Å². The van der Waals surface area contributed by atoms with Crippen molar-refractivity contribution >= 4 is 51.1 Å². The average molecular weight is 548 g/mol. The van der Waals surface area contributed by atoms with Crippen molar-refractivity contribution in [3.8, 4) is 0 Å². The second-order valence-corrected chi connectivity index (χ2v) is 8.55. The number of hydrogen-bond acceptors (Lipinski definition) is 5. The molecule has 0 aliphatic heterocycles. The topological polar surface area (TPSA) is 83.5 Å². The largest absolute Gasteiger partial charge is 0.434 e. The van der Waals surface area contributed by atoms with Gasteiger partial charge in [0, 0.05) is 18.2 Å². The number of rotatable bonds is 6. The molecule has 0 amide bonds. The fourth-order valence-electron chi connectivity index (χ4n) is 2.04. The van der Waals surface area contributed by atoms with Crippen LogP contribution in [0.5, 0.6) is 0 Å². The molecule has 2 rings (SSSR count). The molecule has 1 aromatic carbocycles. The number of nitrogens with one attached hydrogen (secondary N) is 2. The van der Waals surface area contributed by atoms with Gasteiger partial charge in [0.15, 0.2) is 21.5 Å². The van der Waals surface area contributed by atoms with E-state index in [-0.39, 0.29) is 42.0 Å². The van der Waals surface area contributed by atoms with Gasteiger partial charge in [-0.3, -0.25) is 0 Å². The number of nitrogens with zero attached hydrogens (tertiary/aromatic N) is 2. The third kappa shape index (κ3) is 7.54. The number of alkyl halides is 3. The number of sulfone groups is 1. The minimum atomic E-state index is -4.45. The zero-order valence-corrected chi connectivity index (χ0v) is 19.0. The lowest BCUT2D eigenvalue weighted by Gasteiger charge is -2.10. The molecule has 28 heavy (non-hydrogen) atoms. The minimum Gasteiger partial charge on any atom is -0.357 e. The Bertz CT molecular complexity index is 897. The van der Waals surface area contributed by atoms with Gasteiger partial charge in [-0.25, -0.2) is 18.4 Å². The molecule has 0 fully saturated rings. The van der Waals surface area contributed by atoms with Gasteiger partial charge in [-0.1, -0.05) is 12.1 Å². The molecule has 1 heterocycles. The van der Waals surface area contributed by atoms with Gasteiger partial charge in [0.25, 0.3) is 0 Å². The summed E-state index contributed by atoms with van der Waals surface area (Å²) in [5.74, 6) is 0.424. The van der Waals surface area contributed by atoms with E-state index >= 15 is 0 Å². The number of aliphatic imine (C=N–C) groups is 1. The first-order valence-electron chi connectivity index (χ1n) is 7.92. The van der Waals surface area contributed by atoms with Crippen LogP contribution in [0, 0.1) is 0 Å². The van der Waals surface area contributed by atoms with Gasteiger partial charge in [-0.05, 0) is 24.6 Å². The van der Waals surface area contributed by atoms with Crippen molar-refractivity contribution in [3.63, 3.8) is 0 Å². The summed E-state index contributed by atoms with van der Waals surface area (Å²) in [6, 6.07) is 6.35. The lowest BCUT2D eigenvalue weighted by Crippen LogP contribution is -2.36. The maximum atomic E-state index is 12.6. The number of aromatic nitrogens is 1. The molecule has 0 spiro atoms. The molecule has 0 saturated carbocycles. The highest BCUT2D eigenvalue weighted by molar-refractivity contribution is 14.0.